The lowest BCUT2D eigenvalue weighted by atomic mass is 10.1. The largest absolute Gasteiger partial charge is 0.336 e. The average molecular weight is 396 g/mol. The SMILES string of the molecule is CC(C)CCN(CCC#N)C(=O)c1csc(-c2ccc(Cl)c(Cl)c2)n1. The van der Waals surface area contributed by atoms with Crippen LogP contribution in [0.15, 0.2) is 23.6 Å². The summed E-state index contributed by atoms with van der Waals surface area (Å²) < 4.78 is 0. The van der Waals surface area contributed by atoms with Crippen LogP contribution in [0.25, 0.3) is 10.6 Å². The van der Waals surface area contributed by atoms with E-state index in [1.807, 2.05) is 6.07 Å². The minimum Gasteiger partial charge on any atom is -0.336 e. The van der Waals surface area contributed by atoms with Crippen LogP contribution in [0, 0.1) is 17.2 Å². The smallest absolute Gasteiger partial charge is 0.273 e. The summed E-state index contributed by atoms with van der Waals surface area (Å²) in [5.41, 5.74) is 1.22. The van der Waals surface area contributed by atoms with Gasteiger partial charge in [-0.15, -0.1) is 11.3 Å². The highest BCUT2D eigenvalue weighted by Crippen LogP contribution is 2.30. The molecule has 0 unspecified atom stereocenters. The third kappa shape index (κ3) is 5.43. The van der Waals surface area contributed by atoms with Crippen LogP contribution in [-0.4, -0.2) is 28.9 Å². The Bertz CT molecular complexity index is 783. The van der Waals surface area contributed by atoms with Gasteiger partial charge < -0.3 is 4.90 Å². The number of hydrogen-bond donors (Lipinski definition) is 0. The quantitative estimate of drug-likeness (QED) is 0.619. The van der Waals surface area contributed by atoms with Gasteiger partial charge in [-0.2, -0.15) is 5.26 Å². The molecule has 0 fully saturated rings. The molecular formula is C18H19Cl2N3OS. The molecule has 2 rings (SSSR count). The number of benzene rings is 1. The van der Waals surface area contributed by atoms with Crippen molar-refractivity contribution in [1.29, 1.82) is 5.26 Å². The zero-order valence-corrected chi connectivity index (χ0v) is 16.5. The van der Waals surface area contributed by atoms with Gasteiger partial charge in [-0.3, -0.25) is 4.79 Å². The van der Waals surface area contributed by atoms with Crippen molar-refractivity contribution >= 4 is 40.4 Å². The summed E-state index contributed by atoms with van der Waals surface area (Å²) in [5.74, 6) is 0.345. The van der Waals surface area contributed by atoms with E-state index < -0.39 is 0 Å². The molecule has 1 heterocycles. The van der Waals surface area contributed by atoms with Gasteiger partial charge in [-0.25, -0.2) is 4.98 Å². The molecule has 132 valence electrons. The van der Waals surface area contributed by atoms with Gasteiger partial charge >= 0.3 is 0 Å². The van der Waals surface area contributed by atoms with Crippen LogP contribution in [0.3, 0.4) is 0 Å². The Hall–Kier alpha value is -1.61. The highest BCUT2D eigenvalue weighted by atomic mass is 35.5. The van der Waals surface area contributed by atoms with Crippen molar-refractivity contribution in [2.24, 2.45) is 5.92 Å². The van der Waals surface area contributed by atoms with Crippen molar-refractivity contribution in [3.63, 3.8) is 0 Å². The first kappa shape index (κ1) is 19.7. The number of carbonyl (C=O) groups is 1. The predicted molar refractivity (Wildman–Crippen MR) is 103 cm³/mol. The van der Waals surface area contributed by atoms with E-state index in [2.05, 4.69) is 24.9 Å². The number of aromatic nitrogens is 1. The number of amides is 1. The Kier molecular flexibility index (Phi) is 7.24. The lowest BCUT2D eigenvalue weighted by Crippen LogP contribution is -2.33. The lowest BCUT2D eigenvalue weighted by Gasteiger charge is -2.21. The maximum absolute atomic E-state index is 12.7. The molecule has 0 aliphatic carbocycles. The van der Waals surface area contributed by atoms with Crippen LogP contribution in [0.4, 0.5) is 0 Å². The fraction of sp³-hybridized carbons (Fsp3) is 0.389. The molecule has 0 saturated heterocycles. The fourth-order valence-corrected chi connectivity index (χ4v) is 3.30. The van der Waals surface area contributed by atoms with Crippen LogP contribution < -0.4 is 0 Å². The predicted octanol–water partition coefficient (Wildman–Crippen LogP) is 5.52. The number of thiazole rings is 1. The molecule has 0 N–H and O–H groups in total. The van der Waals surface area contributed by atoms with Crippen LogP contribution >= 0.6 is 34.5 Å². The van der Waals surface area contributed by atoms with E-state index in [9.17, 15) is 4.79 Å². The minimum atomic E-state index is -0.140. The first-order chi connectivity index (χ1) is 11.9. The normalized spacial score (nSPS) is 10.7. The Morgan fingerprint density at radius 1 is 1.32 bits per heavy atom. The Morgan fingerprint density at radius 3 is 2.72 bits per heavy atom. The van der Waals surface area contributed by atoms with E-state index in [-0.39, 0.29) is 5.91 Å². The third-order valence-electron chi connectivity index (χ3n) is 3.65. The van der Waals surface area contributed by atoms with E-state index in [0.717, 1.165) is 12.0 Å². The Balaban J connectivity index is 2.18. The van der Waals surface area contributed by atoms with Crippen molar-refractivity contribution in [2.45, 2.75) is 26.7 Å². The van der Waals surface area contributed by atoms with Crippen molar-refractivity contribution in [2.75, 3.05) is 13.1 Å². The Morgan fingerprint density at radius 2 is 2.08 bits per heavy atom. The summed E-state index contributed by atoms with van der Waals surface area (Å²) >= 11 is 13.4. The second kappa shape index (κ2) is 9.19. The van der Waals surface area contributed by atoms with Gasteiger partial charge in [0.05, 0.1) is 22.5 Å². The number of hydrogen-bond acceptors (Lipinski definition) is 4. The van der Waals surface area contributed by atoms with E-state index in [0.29, 0.717) is 46.2 Å². The minimum absolute atomic E-state index is 0.140. The molecule has 1 amide bonds. The van der Waals surface area contributed by atoms with Gasteiger partial charge in [-0.1, -0.05) is 43.1 Å². The topological polar surface area (TPSA) is 57.0 Å². The molecule has 7 heteroatoms. The second-order valence-electron chi connectivity index (χ2n) is 6.05. The van der Waals surface area contributed by atoms with Crippen LogP contribution in [0.1, 0.15) is 37.2 Å². The third-order valence-corrected chi connectivity index (χ3v) is 5.28. The van der Waals surface area contributed by atoms with Crippen molar-refractivity contribution in [1.82, 2.24) is 9.88 Å². The first-order valence-electron chi connectivity index (χ1n) is 7.99. The highest BCUT2D eigenvalue weighted by molar-refractivity contribution is 7.13. The number of carbonyl (C=O) groups excluding carboxylic acids is 1. The number of rotatable bonds is 7. The van der Waals surface area contributed by atoms with Crippen LogP contribution in [0.5, 0.6) is 0 Å². The molecule has 2 aromatic rings. The summed E-state index contributed by atoms with van der Waals surface area (Å²) in [4.78, 5) is 18.9. The van der Waals surface area contributed by atoms with E-state index in [4.69, 9.17) is 28.5 Å². The summed E-state index contributed by atoms with van der Waals surface area (Å²) in [5, 5.41) is 12.2. The average Bonchev–Trinajstić information content (AvgIpc) is 3.06. The lowest BCUT2D eigenvalue weighted by molar-refractivity contribution is 0.0747. The molecule has 0 spiro atoms. The maximum Gasteiger partial charge on any atom is 0.273 e. The van der Waals surface area contributed by atoms with Gasteiger partial charge in [0.2, 0.25) is 0 Å². The second-order valence-corrected chi connectivity index (χ2v) is 7.72. The number of halogens is 2. The molecule has 4 nitrogen and oxygen atoms in total. The molecule has 0 radical (unpaired) electrons. The molecule has 1 aromatic heterocycles. The molecule has 0 aliphatic rings. The molecule has 25 heavy (non-hydrogen) atoms. The fourth-order valence-electron chi connectivity index (χ4n) is 2.21. The van der Waals surface area contributed by atoms with Gasteiger partial charge in [0.1, 0.15) is 10.7 Å². The van der Waals surface area contributed by atoms with Gasteiger partial charge in [0, 0.05) is 24.0 Å². The van der Waals surface area contributed by atoms with Crippen molar-refractivity contribution < 1.29 is 4.79 Å². The molecule has 1 aromatic carbocycles. The van der Waals surface area contributed by atoms with E-state index >= 15 is 0 Å². The van der Waals surface area contributed by atoms with Gasteiger partial charge in [0.15, 0.2) is 0 Å². The monoisotopic (exact) mass is 395 g/mol. The summed E-state index contributed by atoms with van der Waals surface area (Å²) in [6, 6.07) is 7.37. The molecule has 0 aliphatic heterocycles. The summed E-state index contributed by atoms with van der Waals surface area (Å²) in [6.07, 6.45) is 1.20. The molecular weight excluding hydrogens is 377 g/mol. The standard InChI is InChI=1S/C18H19Cl2N3OS/c1-12(2)6-9-23(8-3-7-21)18(24)16-11-25-17(22-16)13-4-5-14(19)15(20)10-13/h4-5,10-12H,3,6,8-9H2,1-2H3. The highest BCUT2D eigenvalue weighted by Gasteiger charge is 2.19. The maximum atomic E-state index is 12.7. The zero-order chi connectivity index (χ0) is 18.4. The first-order valence-corrected chi connectivity index (χ1v) is 9.63. The zero-order valence-electron chi connectivity index (χ0n) is 14.1. The van der Waals surface area contributed by atoms with Crippen LogP contribution in [0.2, 0.25) is 10.0 Å². The van der Waals surface area contributed by atoms with Crippen LogP contribution in [-0.2, 0) is 0 Å². The van der Waals surface area contributed by atoms with Gasteiger partial charge in [0.25, 0.3) is 5.91 Å². The summed E-state index contributed by atoms with van der Waals surface area (Å²) in [6.45, 7) is 5.26. The van der Waals surface area contributed by atoms with E-state index in [1.165, 1.54) is 11.3 Å². The number of nitriles is 1. The van der Waals surface area contributed by atoms with E-state index in [1.54, 1.807) is 22.4 Å². The van der Waals surface area contributed by atoms with Crippen molar-refractivity contribution in [3.05, 3.63) is 39.3 Å². The van der Waals surface area contributed by atoms with Crippen molar-refractivity contribution in [3.8, 4) is 16.6 Å². The molecule has 0 saturated carbocycles. The summed E-state index contributed by atoms with van der Waals surface area (Å²) in [7, 11) is 0. The Labute approximate surface area is 162 Å². The molecule has 0 bridgehead atoms. The number of nitrogens with zero attached hydrogens (tertiary/aromatic N) is 3. The molecule has 0 atom stereocenters. The van der Waals surface area contributed by atoms with Gasteiger partial charge in [-0.05, 0) is 24.5 Å².